The zero-order chi connectivity index (χ0) is 21.1. The Morgan fingerprint density at radius 3 is 2.80 bits per heavy atom. The molecule has 2 aromatic carbocycles. The molecule has 1 fully saturated rings. The third kappa shape index (κ3) is 4.24. The second-order valence-corrected chi connectivity index (χ2v) is 7.89. The number of benzene rings is 2. The molecule has 0 bridgehead atoms. The van der Waals surface area contributed by atoms with Crippen molar-refractivity contribution in [2.24, 2.45) is 10.7 Å². The normalized spacial score (nSPS) is 16.7. The molecule has 8 heteroatoms. The molecule has 3 aromatic rings. The molecule has 0 spiro atoms. The smallest absolute Gasteiger partial charge is 0.252 e. The Morgan fingerprint density at radius 2 is 2.13 bits per heavy atom. The highest BCUT2D eigenvalue weighted by atomic mass is 32.1. The highest BCUT2D eigenvalue weighted by Crippen LogP contribution is 2.28. The van der Waals surface area contributed by atoms with Crippen LogP contribution < -0.4 is 15.3 Å². The van der Waals surface area contributed by atoms with Crippen LogP contribution in [0.3, 0.4) is 0 Å². The standard InChI is InChI=1S/C22H23N3O4S/c1-28-16-7-5-15(6-8-16)24-22-25(12-17-3-2-10-29-17)19(13-30-22)14-4-9-20(26)18(11-14)21(23)27/h4-9,11,13,17,26H,2-3,10,12H2,1H3,(H2,23,27). The number of thiazole rings is 1. The first kappa shape index (κ1) is 20.2. The van der Waals surface area contributed by atoms with Crippen molar-refractivity contribution in [3.8, 4) is 22.8 Å². The number of hydrogen-bond acceptors (Lipinski definition) is 6. The summed E-state index contributed by atoms with van der Waals surface area (Å²) in [4.78, 5) is 17.3. The van der Waals surface area contributed by atoms with Crippen LogP contribution in [0.4, 0.5) is 5.69 Å². The molecular formula is C22H23N3O4S. The lowest BCUT2D eigenvalue weighted by molar-refractivity contribution is 0.0967. The van der Waals surface area contributed by atoms with E-state index in [1.807, 2.05) is 29.6 Å². The van der Waals surface area contributed by atoms with Gasteiger partial charge in [0.15, 0.2) is 4.80 Å². The first-order valence-electron chi connectivity index (χ1n) is 9.67. The van der Waals surface area contributed by atoms with Crippen LogP contribution in [-0.2, 0) is 11.3 Å². The van der Waals surface area contributed by atoms with E-state index in [1.54, 1.807) is 19.2 Å². The van der Waals surface area contributed by atoms with Crippen LogP contribution in [0.25, 0.3) is 11.3 Å². The van der Waals surface area contributed by atoms with Crippen LogP contribution in [0.15, 0.2) is 52.8 Å². The molecule has 1 amide bonds. The predicted octanol–water partition coefficient (Wildman–Crippen LogP) is 3.44. The summed E-state index contributed by atoms with van der Waals surface area (Å²) in [6.45, 7) is 1.42. The number of aromatic hydroxyl groups is 1. The van der Waals surface area contributed by atoms with Gasteiger partial charge in [-0.05, 0) is 55.3 Å². The number of carbonyl (C=O) groups excluding carboxylic acids is 1. The molecule has 1 atom stereocenters. The molecule has 1 unspecified atom stereocenters. The summed E-state index contributed by atoms with van der Waals surface area (Å²) in [5.74, 6) is -0.0233. The Hall–Kier alpha value is -3.10. The van der Waals surface area contributed by atoms with E-state index in [0.29, 0.717) is 6.54 Å². The molecule has 1 aliphatic rings. The van der Waals surface area contributed by atoms with Gasteiger partial charge in [-0.15, -0.1) is 11.3 Å². The number of carbonyl (C=O) groups is 1. The number of hydrogen-bond donors (Lipinski definition) is 2. The van der Waals surface area contributed by atoms with Gasteiger partial charge in [-0.3, -0.25) is 4.79 Å². The Labute approximate surface area is 178 Å². The number of amides is 1. The second kappa shape index (κ2) is 8.73. The third-order valence-electron chi connectivity index (χ3n) is 5.06. The van der Waals surface area contributed by atoms with Gasteiger partial charge < -0.3 is 24.9 Å². The van der Waals surface area contributed by atoms with Gasteiger partial charge in [0.05, 0.1) is 36.7 Å². The minimum Gasteiger partial charge on any atom is -0.507 e. The summed E-state index contributed by atoms with van der Waals surface area (Å²) in [5.41, 5.74) is 8.00. The van der Waals surface area contributed by atoms with Gasteiger partial charge >= 0.3 is 0 Å². The van der Waals surface area contributed by atoms with Gasteiger partial charge in [-0.25, -0.2) is 4.99 Å². The zero-order valence-electron chi connectivity index (χ0n) is 16.6. The average molecular weight is 426 g/mol. The van der Waals surface area contributed by atoms with Crippen molar-refractivity contribution in [3.05, 3.63) is 58.2 Å². The minimum atomic E-state index is -0.668. The number of ether oxygens (including phenoxy) is 2. The Bertz CT molecular complexity index is 1110. The van der Waals surface area contributed by atoms with E-state index in [1.165, 1.54) is 17.4 Å². The lowest BCUT2D eigenvalue weighted by atomic mass is 10.1. The van der Waals surface area contributed by atoms with E-state index in [-0.39, 0.29) is 17.4 Å². The summed E-state index contributed by atoms with van der Waals surface area (Å²) < 4.78 is 13.2. The molecule has 0 saturated carbocycles. The van der Waals surface area contributed by atoms with Gasteiger partial charge in [0.1, 0.15) is 11.5 Å². The summed E-state index contributed by atoms with van der Waals surface area (Å²) in [5, 5.41) is 11.9. The van der Waals surface area contributed by atoms with Crippen molar-refractivity contribution in [3.63, 3.8) is 0 Å². The molecule has 3 N–H and O–H groups in total. The number of nitrogens with zero attached hydrogens (tertiary/aromatic N) is 2. The van der Waals surface area contributed by atoms with E-state index >= 15 is 0 Å². The van der Waals surface area contributed by atoms with E-state index in [4.69, 9.17) is 20.2 Å². The van der Waals surface area contributed by atoms with Crippen molar-refractivity contribution in [1.82, 2.24) is 4.57 Å². The van der Waals surface area contributed by atoms with Gasteiger partial charge in [-0.1, -0.05) is 0 Å². The summed E-state index contributed by atoms with van der Waals surface area (Å²) >= 11 is 1.51. The predicted molar refractivity (Wildman–Crippen MR) is 115 cm³/mol. The Kier molecular flexibility index (Phi) is 5.87. The fraction of sp³-hybridized carbons (Fsp3) is 0.273. The van der Waals surface area contributed by atoms with E-state index in [9.17, 15) is 9.90 Å². The number of primary amides is 1. The Balaban J connectivity index is 1.79. The van der Waals surface area contributed by atoms with Gasteiger partial charge in [0.25, 0.3) is 5.91 Å². The number of nitrogens with two attached hydrogens (primary N) is 1. The highest BCUT2D eigenvalue weighted by molar-refractivity contribution is 7.07. The second-order valence-electron chi connectivity index (χ2n) is 7.06. The number of aromatic nitrogens is 1. The largest absolute Gasteiger partial charge is 0.507 e. The lowest BCUT2D eigenvalue weighted by Crippen LogP contribution is -2.24. The quantitative estimate of drug-likeness (QED) is 0.632. The maximum absolute atomic E-state index is 11.7. The van der Waals surface area contributed by atoms with E-state index in [0.717, 1.165) is 46.9 Å². The minimum absolute atomic E-state index is 0.0935. The lowest BCUT2D eigenvalue weighted by Gasteiger charge is -2.14. The Morgan fingerprint density at radius 1 is 1.33 bits per heavy atom. The molecular weight excluding hydrogens is 402 g/mol. The van der Waals surface area contributed by atoms with Gasteiger partial charge in [-0.2, -0.15) is 0 Å². The molecule has 156 valence electrons. The first-order chi connectivity index (χ1) is 14.5. The first-order valence-corrected chi connectivity index (χ1v) is 10.5. The summed E-state index contributed by atoms with van der Waals surface area (Å²) in [7, 11) is 1.63. The number of methoxy groups -OCH3 is 1. The monoisotopic (exact) mass is 425 g/mol. The van der Waals surface area contributed by atoms with Crippen molar-refractivity contribution in [2.75, 3.05) is 13.7 Å². The van der Waals surface area contributed by atoms with Crippen molar-refractivity contribution in [1.29, 1.82) is 0 Å². The van der Waals surface area contributed by atoms with Crippen LogP contribution in [-0.4, -0.2) is 35.4 Å². The number of rotatable bonds is 6. The molecule has 0 aliphatic carbocycles. The molecule has 1 saturated heterocycles. The molecule has 1 aromatic heterocycles. The molecule has 7 nitrogen and oxygen atoms in total. The molecule has 2 heterocycles. The van der Waals surface area contributed by atoms with E-state index in [2.05, 4.69) is 4.57 Å². The van der Waals surface area contributed by atoms with Crippen molar-refractivity contribution in [2.45, 2.75) is 25.5 Å². The molecule has 30 heavy (non-hydrogen) atoms. The van der Waals surface area contributed by atoms with Crippen molar-refractivity contribution < 1.29 is 19.4 Å². The van der Waals surface area contributed by atoms with E-state index < -0.39 is 5.91 Å². The third-order valence-corrected chi connectivity index (χ3v) is 5.93. The maximum Gasteiger partial charge on any atom is 0.252 e. The molecule has 4 rings (SSSR count). The van der Waals surface area contributed by atoms with Crippen molar-refractivity contribution >= 4 is 22.9 Å². The summed E-state index contributed by atoms with van der Waals surface area (Å²) in [6.07, 6.45) is 2.15. The fourth-order valence-corrected chi connectivity index (χ4v) is 4.42. The van der Waals surface area contributed by atoms with Gasteiger partial charge in [0, 0.05) is 17.6 Å². The zero-order valence-corrected chi connectivity index (χ0v) is 17.4. The van der Waals surface area contributed by atoms with Crippen LogP contribution in [0.1, 0.15) is 23.2 Å². The van der Waals surface area contributed by atoms with Crippen LogP contribution in [0.2, 0.25) is 0 Å². The maximum atomic E-state index is 11.7. The topological polar surface area (TPSA) is 99.1 Å². The van der Waals surface area contributed by atoms with Crippen LogP contribution >= 0.6 is 11.3 Å². The highest BCUT2D eigenvalue weighted by Gasteiger charge is 2.20. The van der Waals surface area contributed by atoms with Gasteiger partial charge in [0.2, 0.25) is 0 Å². The fourth-order valence-electron chi connectivity index (χ4n) is 3.48. The molecule has 0 radical (unpaired) electrons. The summed E-state index contributed by atoms with van der Waals surface area (Å²) in [6, 6.07) is 12.4. The average Bonchev–Trinajstić information content (AvgIpc) is 3.40. The molecule has 1 aliphatic heterocycles. The SMILES string of the molecule is COc1ccc(N=c2scc(-c3ccc(O)c(C(N)=O)c3)n2CC2CCCO2)cc1. The number of phenols is 1. The van der Waals surface area contributed by atoms with Crippen LogP contribution in [0, 0.1) is 0 Å². The van der Waals surface area contributed by atoms with Crippen LogP contribution in [0.5, 0.6) is 11.5 Å².